The van der Waals surface area contributed by atoms with E-state index in [1.165, 1.54) is 44.9 Å². The summed E-state index contributed by atoms with van der Waals surface area (Å²) in [5, 5.41) is 0. The first kappa shape index (κ1) is 11.7. The lowest BCUT2D eigenvalue weighted by Gasteiger charge is -2.47. The highest BCUT2D eigenvalue weighted by Gasteiger charge is 2.52. The predicted octanol–water partition coefficient (Wildman–Crippen LogP) is 4.48. The van der Waals surface area contributed by atoms with Crippen LogP contribution in [0.15, 0.2) is 30.3 Å². The Morgan fingerprint density at radius 2 is 1.47 bits per heavy atom. The summed E-state index contributed by atoms with van der Waals surface area (Å²) in [6.45, 7) is 0. The number of rotatable bonds is 2. The van der Waals surface area contributed by atoms with Gasteiger partial charge in [-0.3, -0.25) is 4.79 Å². The second kappa shape index (κ2) is 4.19. The largest absolute Gasteiger partial charge is 0.294 e. The number of hydrogen-bond acceptors (Lipinski definition) is 1. The lowest BCUT2D eigenvalue weighted by atomic mass is 9.56. The Hall–Kier alpha value is -1.11. The molecule has 4 aliphatic carbocycles. The van der Waals surface area contributed by atoms with E-state index in [2.05, 4.69) is 0 Å². The molecule has 0 saturated heterocycles. The van der Waals surface area contributed by atoms with E-state index in [4.69, 9.17) is 0 Å². The molecule has 0 heterocycles. The summed E-state index contributed by atoms with van der Waals surface area (Å²) in [6, 6.07) is 10.0. The Balaban J connectivity index is 1.71. The van der Waals surface area contributed by atoms with Gasteiger partial charge in [0, 0.05) is 11.0 Å². The van der Waals surface area contributed by atoms with Gasteiger partial charge < -0.3 is 0 Å². The first-order valence-corrected chi connectivity index (χ1v) is 7.85. The first-order chi connectivity index (χ1) is 9.25. The molecule has 1 nitrogen and oxygen atoms in total. The summed E-state index contributed by atoms with van der Waals surface area (Å²) < 4.78 is 0. The van der Waals surface area contributed by atoms with E-state index >= 15 is 0 Å². The van der Waals surface area contributed by atoms with Crippen LogP contribution in [0.5, 0.6) is 0 Å². The number of Topliss-reactive ketones (excluding diaryl/α,β-unsaturated/α-hetero) is 1. The highest BCUT2D eigenvalue weighted by Crippen LogP contribution is 2.58. The lowest BCUT2D eigenvalue weighted by molar-refractivity contribution is 0.0297. The molecule has 0 radical (unpaired) electrons. The van der Waals surface area contributed by atoms with Crippen molar-refractivity contribution in [3.63, 3.8) is 0 Å². The van der Waals surface area contributed by atoms with E-state index in [9.17, 15) is 4.79 Å². The molecular weight excluding hydrogens is 232 g/mol. The van der Waals surface area contributed by atoms with E-state index in [1.54, 1.807) is 0 Å². The number of carbonyl (C=O) groups excluding carboxylic acids is 1. The van der Waals surface area contributed by atoms with E-state index < -0.39 is 0 Å². The summed E-state index contributed by atoms with van der Waals surface area (Å²) in [6.07, 6.45) is 9.09. The Kier molecular flexibility index (Phi) is 2.58. The van der Waals surface area contributed by atoms with Gasteiger partial charge in [-0.05, 0) is 49.9 Å². The van der Waals surface area contributed by atoms with Gasteiger partial charge in [0.1, 0.15) is 0 Å². The van der Waals surface area contributed by atoms with Gasteiger partial charge in [-0.15, -0.1) is 0 Å². The van der Waals surface area contributed by atoms with Crippen molar-refractivity contribution in [2.45, 2.75) is 44.9 Å². The molecule has 4 aliphatic rings. The zero-order valence-corrected chi connectivity index (χ0v) is 11.5. The van der Waals surface area contributed by atoms with Gasteiger partial charge in [-0.1, -0.05) is 43.2 Å². The molecule has 0 amide bonds. The molecule has 4 saturated carbocycles. The predicted molar refractivity (Wildman–Crippen MR) is 76.0 cm³/mol. The van der Waals surface area contributed by atoms with Crippen LogP contribution in [0, 0.1) is 23.2 Å². The molecule has 4 bridgehead atoms. The standard InChI is InChI=1S/C18H22O/c19-17(16-4-2-1-3-5-16)18-10-13-6-7-14(11-18)9-15(8-13)12-18/h1-5,13-15H,6-12H2. The fourth-order valence-corrected chi connectivity index (χ4v) is 5.37. The van der Waals surface area contributed by atoms with E-state index in [0.717, 1.165) is 23.3 Å². The van der Waals surface area contributed by atoms with Crippen LogP contribution in [-0.2, 0) is 0 Å². The van der Waals surface area contributed by atoms with Crippen LogP contribution >= 0.6 is 0 Å². The van der Waals surface area contributed by atoms with Crippen LogP contribution in [0.4, 0.5) is 0 Å². The van der Waals surface area contributed by atoms with Crippen molar-refractivity contribution >= 4 is 5.78 Å². The van der Waals surface area contributed by atoms with Crippen LogP contribution in [0.25, 0.3) is 0 Å². The molecule has 0 N–H and O–H groups in total. The Morgan fingerprint density at radius 3 is 2.11 bits per heavy atom. The molecule has 2 atom stereocenters. The molecule has 4 fully saturated rings. The van der Waals surface area contributed by atoms with Crippen LogP contribution in [0.1, 0.15) is 55.3 Å². The quantitative estimate of drug-likeness (QED) is 0.711. The van der Waals surface area contributed by atoms with Gasteiger partial charge >= 0.3 is 0 Å². The van der Waals surface area contributed by atoms with Crippen molar-refractivity contribution in [2.75, 3.05) is 0 Å². The zero-order chi connectivity index (χ0) is 12.9. The Morgan fingerprint density at radius 1 is 0.895 bits per heavy atom. The van der Waals surface area contributed by atoms with Crippen LogP contribution in [0.3, 0.4) is 0 Å². The van der Waals surface area contributed by atoms with Crippen LogP contribution < -0.4 is 0 Å². The number of carbonyl (C=O) groups is 1. The minimum atomic E-state index is 0.00829. The summed E-state index contributed by atoms with van der Waals surface area (Å²) >= 11 is 0. The second-order valence-corrected chi connectivity index (χ2v) is 7.23. The third-order valence-electron chi connectivity index (χ3n) is 5.87. The van der Waals surface area contributed by atoms with Crippen molar-refractivity contribution in [2.24, 2.45) is 23.2 Å². The van der Waals surface area contributed by atoms with Gasteiger partial charge in [-0.25, -0.2) is 0 Å². The average molecular weight is 254 g/mol. The lowest BCUT2D eigenvalue weighted by Crippen LogP contribution is -2.43. The third kappa shape index (κ3) is 1.86. The minimum absolute atomic E-state index is 0.00829. The van der Waals surface area contributed by atoms with Crippen molar-refractivity contribution < 1.29 is 4.79 Å². The molecule has 2 unspecified atom stereocenters. The molecular formula is C18H22O. The summed E-state index contributed by atoms with van der Waals surface area (Å²) in [7, 11) is 0. The van der Waals surface area contributed by atoms with Crippen molar-refractivity contribution in [3.8, 4) is 0 Å². The van der Waals surface area contributed by atoms with Crippen molar-refractivity contribution in [1.82, 2.24) is 0 Å². The normalized spacial score (nSPS) is 40.1. The van der Waals surface area contributed by atoms with Gasteiger partial charge in [0.15, 0.2) is 5.78 Å². The number of hydrogen-bond donors (Lipinski definition) is 0. The number of fused-ring (bicyclic) bond motifs is 1. The Labute approximate surface area is 115 Å². The Bertz CT molecular complexity index is 474. The van der Waals surface area contributed by atoms with Crippen molar-refractivity contribution in [3.05, 3.63) is 35.9 Å². The fraction of sp³-hybridized carbons (Fsp3) is 0.611. The van der Waals surface area contributed by atoms with E-state index in [-0.39, 0.29) is 5.41 Å². The van der Waals surface area contributed by atoms with Gasteiger partial charge in [-0.2, -0.15) is 0 Å². The van der Waals surface area contributed by atoms with Crippen LogP contribution in [0.2, 0.25) is 0 Å². The van der Waals surface area contributed by atoms with Gasteiger partial charge in [0.25, 0.3) is 0 Å². The molecule has 1 aromatic rings. The molecule has 0 aliphatic heterocycles. The van der Waals surface area contributed by atoms with Gasteiger partial charge in [0.2, 0.25) is 0 Å². The maximum absolute atomic E-state index is 13.1. The van der Waals surface area contributed by atoms with Gasteiger partial charge in [0.05, 0.1) is 0 Å². The zero-order valence-electron chi connectivity index (χ0n) is 11.5. The molecule has 0 spiro atoms. The molecule has 1 aromatic carbocycles. The van der Waals surface area contributed by atoms with Crippen LogP contribution in [-0.4, -0.2) is 5.78 Å². The van der Waals surface area contributed by atoms with E-state index in [0.29, 0.717) is 5.78 Å². The molecule has 19 heavy (non-hydrogen) atoms. The summed E-state index contributed by atoms with van der Waals surface area (Å²) in [5.74, 6) is 2.96. The highest BCUT2D eigenvalue weighted by molar-refractivity contribution is 6.00. The maximum Gasteiger partial charge on any atom is 0.169 e. The van der Waals surface area contributed by atoms with E-state index in [1.807, 2.05) is 30.3 Å². The second-order valence-electron chi connectivity index (χ2n) is 7.23. The SMILES string of the molecule is O=C(c1ccccc1)C12CC3CCC(CC(C3)C1)C2. The summed E-state index contributed by atoms with van der Waals surface area (Å²) in [5.41, 5.74) is 0.957. The highest BCUT2D eigenvalue weighted by atomic mass is 16.1. The maximum atomic E-state index is 13.1. The molecule has 5 rings (SSSR count). The monoisotopic (exact) mass is 254 g/mol. The minimum Gasteiger partial charge on any atom is -0.294 e. The number of ketones is 1. The molecule has 100 valence electrons. The smallest absolute Gasteiger partial charge is 0.169 e. The van der Waals surface area contributed by atoms with Crippen molar-refractivity contribution in [1.29, 1.82) is 0 Å². The topological polar surface area (TPSA) is 17.1 Å². The molecule has 1 heteroatoms. The first-order valence-electron chi connectivity index (χ1n) is 7.85. The molecule has 0 aromatic heterocycles. The summed E-state index contributed by atoms with van der Waals surface area (Å²) in [4.78, 5) is 13.1. The fourth-order valence-electron chi connectivity index (χ4n) is 5.37. The number of benzene rings is 1. The third-order valence-corrected chi connectivity index (χ3v) is 5.87. The average Bonchev–Trinajstić information content (AvgIpc) is 2.65.